The van der Waals surface area contributed by atoms with Gasteiger partial charge in [0.2, 0.25) is 0 Å². The lowest BCUT2D eigenvalue weighted by Crippen LogP contribution is -2.56. The molecule has 0 aliphatic carbocycles. The summed E-state index contributed by atoms with van der Waals surface area (Å²) in [6, 6.07) is 3.46. The van der Waals surface area contributed by atoms with Gasteiger partial charge in [-0.2, -0.15) is 0 Å². The molecule has 3 N–H and O–H groups in total. The second kappa shape index (κ2) is 4.50. The maximum absolute atomic E-state index is 12.0. The van der Waals surface area contributed by atoms with Gasteiger partial charge < -0.3 is 20.1 Å². The number of aliphatic hydroxyl groups excluding tert-OH is 1. The molecule has 1 aromatic rings. The number of piperidine rings is 1. The zero-order valence-corrected chi connectivity index (χ0v) is 9.89. The van der Waals surface area contributed by atoms with Gasteiger partial charge in [0.05, 0.1) is 5.60 Å². The minimum Gasteiger partial charge on any atom is -0.388 e. The molecule has 1 fully saturated rings. The van der Waals surface area contributed by atoms with Crippen molar-refractivity contribution in [2.75, 3.05) is 13.1 Å². The number of carbonyl (C=O) groups is 1. The minimum atomic E-state index is -1.05. The maximum Gasteiger partial charge on any atom is 0.270 e. The van der Waals surface area contributed by atoms with Crippen molar-refractivity contribution >= 4 is 5.91 Å². The molecule has 2 heterocycles. The van der Waals surface area contributed by atoms with Crippen molar-refractivity contribution in [3.63, 3.8) is 0 Å². The molecule has 1 amide bonds. The third-order valence-corrected chi connectivity index (χ3v) is 3.56. The van der Waals surface area contributed by atoms with E-state index in [4.69, 9.17) is 0 Å². The fourth-order valence-corrected chi connectivity index (χ4v) is 2.20. The van der Waals surface area contributed by atoms with E-state index in [2.05, 4.69) is 4.98 Å². The van der Waals surface area contributed by atoms with Gasteiger partial charge in [-0.3, -0.25) is 4.79 Å². The van der Waals surface area contributed by atoms with Gasteiger partial charge in [0.1, 0.15) is 11.8 Å². The molecule has 0 radical (unpaired) electrons. The fourth-order valence-electron chi connectivity index (χ4n) is 2.20. The topological polar surface area (TPSA) is 76.6 Å². The van der Waals surface area contributed by atoms with Crippen LogP contribution in [0.1, 0.15) is 30.3 Å². The van der Waals surface area contributed by atoms with Gasteiger partial charge in [-0.25, -0.2) is 0 Å². The van der Waals surface area contributed by atoms with Crippen LogP contribution < -0.4 is 0 Å². The number of aliphatic hydroxyl groups is 2. The van der Waals surface area contributed by atoms with Gasteiger partial charge in [0, 0.05) is 19.3 Å². The van der Waals surface area contributed by atoms with Crippen LogP contribution in [0, 0.1) is 0 Å². The Labute approximate surface area is 100 Å². The molecule has 0 spiro atoms. The Hall–Kier alpha value is -1.33. The van der Waals surface area contributed by atoms with Crippen LogP contribution in [-0.4, -0.2) is 50.8 Å². The van der Waals surface area contributed by atoms with Gasteiger partial charge in [0.15, 0.2) is 0 Å². The zero-order chi connectivity index (χ0) is 12.5. The largest absolute Gasteiger partial charge is 0.388 e. The molecule has 0 unspecified atom stereocenters. The van der Waals surface area contributed by atoms with E-state index in [9.17, 15) is 15.0 Å². The number of rotatable bonds is 2. The summed E-state index contributed by atoms with van der Waals surface area (Å²) in [4.78, 5) is 16.4. The first-order valence-electron chi connectivity index (χ1n) is 5.90. The Bertz CT molecular complexity index is 390. The van der Waals surface area contributed by atoms with E-state index in [-0.39, 0.29) is 12.5 Å². The molecule has 1 aliphatic rings. The Balaban J connectivity index is 2.05. The summed E-state index contributed by atoms with van der Waals surface area (Å²) >= 11 is 0. The molecule has 1 aliphatic heterocycles. The highest BCUT2D eigenvalue weighted by Gasteiger charge is 2.40. The van der Waals surface area contributed by atoms with Crippen LogP contribution in [0.3, 0.4) is 0 Å². The predicted molar refractivity (Wildman–Crippen MR) is 62.6 cm³/mol. The minimum absolute atomic E-state index is 0.132. The number of amides is 1. The summed E-state index contributed by atoms with van der Waals surface area (Å²) in [7, 11) is 0. The smallest absolute Gasteiger partial charge is 0.270 e. The molecule has 2 rings (SSSR count). The first kappa shape index (κ1) is 12.1. The average Bonchev–Trinajstić information content (AvgIpc) is 2.85. The Kier molecular flexibility index (Phi) is 3.22. The van der Waals surface area contributed by atoms with Gasteiger partial charge in [0.25, 0.3) is 5.91 Å². The number of nitrogens with one attached hydrogen (secondary N) is 1. The summed E-state index contributed by atoms with van der Waals surface area (Å²) in [5.41, 5.74) is -0.536. The van der Waals surface area contributed by atoms with Crippen molar-refractivity contribution in [2.45, 2.75) is 31.5 Å². The maximum atomic E-state index is 12.0. The second-order valence-electron chi connectivity index (χ2n) is 4.56. The van der Waals surface area contributed by atoms with Crippen LogP contribution in [0.5, 0.6) is 0 Å². The van der Waals surface area contributed by atoms with Crippen LogP contribution in [-0.2, 0) is 0 Å². The predicted octanol–water partition coefficient (Wildman–Crippen LogP) is 0.363. The van der Waals surface area contributed by atoms with E-state index in [1.165, 1.54) is 0 Å². The Morgan fingerprint density at radius 2 is 2.47 bits per heavy atom. The number of hydrogen-bond donors (Lipinski definition) is 3. The van der Waals surface area contributed by atoms with E-state index in [0.29, 0.717) is 25.1 Å². The lowest BCUT2D eigenvalue weighted by atomic mass is 9.86. The van der Waals surface area contributed by atoms with Crippen molar-refractivity contribution < 1.29 is 15.0 Å². The van der Waals surface area contributed by atoms with E-state index in [1.54, 1.807) is 23.2 Å². The monoisotopic (exact) mass is 238 g/mol. The summed E-state index contributed by atoms with van der Waals surface area (Å²) < 4.78 is 0. The molecule has 1 saturated heterocycles. The second-order valence-corrected chi connectivity index (χ2v) is 4.56. The molecule has 17 heavy (non-hydrogen) atoms. The highest BCUT2D eigenvalue weighted by atomic mass is 16.3. The Morgan fingerprint density at radius 1 is 1.71 bits per heavy atom. The summed E-state index contributed by atoms with van der Waals surface area (Å²) in [5.74, 6) is -0.132. The fraction of sp³-hybridized carbons (Fsp3) is 0.583. The normalized spacial score (nSPS) is 29.4. The lowest BCUT2D eigenvalue weighted by Gasteiger charge is -2.41. The molecular formula is C12H18N2O3. The molecule has 1 aromatic heterocycles. The van der Waals surface area contributed by atoms with Gasteiger partial charge >= 0.3 is 0 Å². The first-order chi connectivity index (χ1) is 8.07. The molecule has 0 bridgehead atoms. The number of carbonyl (C=O) groups excluding carboxylic acids is 1. The quantitative estimate of drug-likeness (QED) is 0.696. The van der Waals surface area contributed by atoms with Gasteiger partial charge in [-0.15, -0.1) is 0 Å². The summed E-state index contributed by atoms with van der Waals surface area (Å²) in [6.45, 7) is 2.49. The van der Waals surface area contributed by atoms with Crippen molar-refractivity contribution in [3.8, 4) is 0 Å². The van der Waals surface area contributed by atoms with Crippen LogP contribution in [0.2, 0.25) is 0 Å². The highest BCUT2D eigenvalue weighted by Crippen LogP contribution is 2.26. The number of hydrogen-bond acceptors (Lipinski definition) is 3. The summed E-state index contributed by atoms with van der Waals surface area (Å²) in [5, 5.41) is 20.0. The van der Waals surface area contributed by atoms with E-state index in [0.717, 1.165) is 0 Å². The third kappa shape index (κ3) is 2.21. The highest BCUT2D eigenvalue weighted by molar-refractivity contribution is 5.92. The van der Waals surface area contributed by atoms with Crippen molar-refractivity contribution in [3.05, 3.63) is 24.0 Å². The number of likely N-dealkylation sites (tertiary alicyclic amines) is 1. The lowest BCUT2D eigenvalue weighted by molar-refractivity contribution is -0.114. The number of aromatic nitrogens is 1. The molecule has 94 valence electrons. The van der Waals surface area contributed by atoms with Crippen molar-refractivity contribution in [2.24, 2.45) is 0 Å². The van der Waals surface area contributed by atoms with Crippen LogP contribution in [0.25, 0.3) is 0 Å². The van der Waals surface area contributed by atoms with Crippen LogP contribution in [0.15, 0.2) is 18.3 Å². The number of nitrogens with zero attached hydrogens (tertiary/aromatic N) is 1. The molecule has 5 nitrogen and oxygen atoms in total. The van der Waals surface area contributed by atoms with E-state index < -0.39 is 11.7 Å². The van der Waals surface area contributed by atoms with Gasteiger partial charge in [-0.05, 0) is 25.0 Å². The molecule has 2 atom stereocenters. The first-order valence-corrected chi connectivity index (χ1v) is 5.90. The zero-order valence-electron chi connectivity index (χ0n) is 9.89. The number of β-amino-alcohol motifs (C(OH)–C–C–N with tert-alkyl or cyclic N) is 1. The number of H-pyrrole nitrogens is 1. The standard InChI is InChI=1S/C12H18N2O3/c1-2-12(17)5-7-14(8-10(12)15)11(16)9-4-3-6-13-9/h3-4,6,10,13,15,17H,2,5,7-8H2,1H3/t10-,12-/m1/s1. The molecular weight excluding hydrogens is 220 g/mol. The van der Waals surface area contributed by atoms with E-state index >= 15 is 0 Å². The van der Waals surface area contributed by atoms with Gasteiger partial charge in [-0.1, -0.05) is 6.92 Å². The van der Waals surface area contributed by atoms with Crippen LogP contribution >= 0.6 is 0 Å². The van der Waals surface area contributed by atoms with Crippen LogP contribution in [0.4, 0.5) is 0 Å². The average molecular weight is 238 g/mol. The molecule has 5 heteroatoms. The molecule has 0 saturated carbocycles. The van der Waals surface area contributed by atoms with E-state index in [1.807, 2.05) is 6.92 Å². The van der Waals surface area contributed by atoms with Crippen molar-refractivity contribution in [1.82, 2.24) is 9.88 Å². The van der Waals surface area contributed by atoms with Crippen molar-refractivity contribution in [1.29, 1.82) is 0 Å². The number of aromatic amines is 1. The SMILES string of the molecule is CC[C@@]1(O)CCN(C(=O)c2ccc[nH]2)C[C@H]1O. The third-order valence-electron chi connectivity index (χ3n) is 3.56. The molecule has 0 aromatic carbocycles. The summed E-state index contributed by atoms with van der Waals surface area (Å²) in [6.07, 6.45) is 1.73. The Morgan fingerprint density at radius 3 is 3.00 bits per heavy atom.